The number of hydrogen-bond acceptors (Lipinski definition) is 4. The van der Waals surface area contributed by atoms with E-state index < -0.39 is 8.80 Å². The summed E-state index contributed by atoms with van der Waals surface area (Å²) in [5.41, 5.74) is 0. The first kappa shape index (κ1) is 17.8. The van der Waals surface area contributed by atoms with Crippen LogP contribution in [0, 0.1) is 0 Å². The van der Waals surface area contributed by atoms with Crippen molar-refractivity contribution in [3.63, 3.8) is 0 Å². The fourth-order valence-corrected chi connectivity index (χ4v) is 4.31. The van der Waals surface area contributed by atoms with E-state index in [1.54, 1.807) is 7.05 Å². The minimum atomic E-state index is -2.48. The lowest BCUT2D eigenvalue weighted by Gasteiger charge is -2.28. The van der Waals surface area contributed by atoms with Gasteiger partial charge in [-0.2, -0.15) is 0 Å². The number of nitrogens with one attached hydrogen (secondary N) is 2. The Balaban J connectivity index is 4.16. The van der Waals surface area contributed by atoms with Gasteiger partial charge < -0.3 is 23.9 Å². The molecule has 0 aromatic rings. The molecule has 2 N–H and O–H groups in total. The van der Waals surface area contributed by atoms with Crippen molar-refractivity contribution in [3.05, 3.63) is 0 Å². The smallest absolute Gasteiger partial charge is 0.374 e. The molecule has 0 aliphatic carbocycles. The van der Waals surface area contributed by atoms with Crippen LogP contribution in [0.3, 0.4) is 0 Å². The summed E-state index contributed by atoms with van der Waals surface area (Å²) in [4.78, 5) is 0. The van der Waals surface area contributed by atoms with Gasteiger partial charge in [0.1, 0.15) is 0 Å². The molecule has 0 unspecified atom stereocenters. The molecular formula is C11H26N2O3SSi. The van der Waals surface area contributed by atoms with Crippen molar-refractivity contribution >= 4 is 26.1 Å². The first-order valence-electron chi connectivity index (χ1n) is 6.51. The van der Waals surface area contributed by atoms with Crippen LogP contribution in [0.4, 0.5) is 0 Å². The fraction of sp³-hybridized carbons (Fsp3) is 0.909. The standard InChI is InChI=1S/C11H26N2O3SSi/c1-5-14-18(15-6-2,16-7-3)10-8-9-13-11(17)12-4/h5-10H2,1-4H3,(H2,12,13,17). The van der Waals surface area contributed by atoms with Crippen molar-refractivity contribution in [1.29, 1.82) is 0 Å². The molecule has 0 heterocycles. The summed E-state index contributed by atoms with van der Waals surface area (Å²) in [5.74, 6) is 0. The molecule has 0 rings (SSSR count). The van der Waals surface area contributed by atoms with E-state index in [4.69, 9.17) is 25.5 Å². The van der Waals surface area contributed by atoms with Crippen LogP contribution >= 0.6 is 12.2 Å². The summed E-state index contributed by atoms with van der Waals surface area (Å²) < 4.78 is 17.3. The van der Waals surface area contributed by atoms with Gasteiger partial charge in [0.25, 0.3) is 0 Å². The average Bonchev–Trinajstić information content (AvgIpc) is 2.35. The van der Waals surface area contributed by atoms with Gasteiger partial charge in [0, 0.05) is 39.5 Å². The third-order valence-electron chi connectivity index (χ3n) is 2.27. The van der Waals surface area contributed by atoms with E-state index in [1.165, 1.54) is 0 Å². The van der Waals surface area contributed by atoms with E-state index in [1.807, 2.05) is 20.8 Å². The highest BCUT2D eigenvalue weighted by Gasteiger charge is 2.39. The van der Waals surface area contributed by atoms with Gasteiger partial charge >= 0.3 is 8.80 Å². The van der Waals surface area contributed by atoms with Crippen LogP contribution in [-0.2, 0) is 13.3 Å². The molecule has 0 aromatic carbocycles. The van der Waals surface area contributed by atoms with Crippen LogP contribution in [0.25, 0.3) is 0 Å². The van der Waals surface area contributed by atoms with E-state index in [0.29, 0.717) is 24.9 Å². The van der Waals surface area contributed by atoms with Crippen LogP contribution in [0.5, 0.6) is 0 Å². The lowest BCUT2D eigenvalue weighted by molar-refractivity contribution is 0.0709. The highest BCUT2D eigenvalue weighted by Crippen LogP contribution is 2.17. The number of thiocarbonyl (C=S) groups is 1. The minimum Gasteiger partial charge on any atom is -0.374 e. The predicted octanol–water partition coefficient (Wildman–Crippen LogP) is 1.52. The Kier molecular flexibility index (Phi) is 10.6. The summed E-state index contributed by atoms with van der Waals surface area (Å²) in [5, 5.41) is 6.64. The van der Waals surface area contributed by atoms with Gasteiger partial charge in [0.2, 0.25) is 0 Å². The number of rotatable bonds is 10. The Labute approximate surface area is 117 Å². The lowest BCUT2D eigenvalue weighted by atomic mass is 10.5. The number of hydrogen-bond donors (Lipinski definition) is 2. The molecule has 0 spiro atoms. The molecule has 0 aliphatic rings. The Morgan fingerprint density at radius 2 is 1.56 bits per heavy atom. The second kappa shape index (κ2) is 10.7. The van der Waals surface area contributed by atoms with Gasteiger partial charge in [-0.15, -0.1) is 0 Å². The monoisotopic (exact) mass is 294 g/mol. The summed E-state index contributed by atoms with van der Waals surface area (Å²) in [6, 6.07) is 0.807. The third-order valence-corrected chi connectivity index (χ3v) is 5.77. The van der Waals surface area contributed by atoms with Gasteiger partial charge in [-0.1, -0.05) is 0 Å². The molecule has 0 amide bonds. The molecular weight excluding hydrogens is 268 g/mol. The van der Waals surface area contributed by atoms with Crippen LogP contribution in [0.2, 0.25) is 6.04 Å². The molecule has 0 saturated carbocycles. The summed E-state index contributed by atoms with van der Waals surface area (Å²) in [6.45, 7) is 8.55. The maximum atomic E-state index is 5.76. The van der Waals surface area contributed by atoms with Crippen molar-refractivity contribution in [2.24, 2.45) is 0 Å². The zero-order chi connectivity index (χ0) is 13.9. The van der Waals surface area contributed by atoms with E-state index in [9.17, 15) is 0 Å². The van der Waals surface area contributed by atoms with Crippen LogP contribution < -0.4 is 10.6 Å². The minimum absolute atomic E-state index is 0.620. The summed E-state index contributed by atoms with van der Waals surface area (Å²) in [7, 11) is -0.681. The normalized spacial score (nSPS) is 11.3. The largest absolute Gasteiger partial charge is 0.500 e. The van der Waals surface area contributed by atoms with Crippen molar-refractivity contribution < 1.29 is 13.3 Å². The first-order chi connectivity index (χ1) is 8.64. The van der Waals surface area contributed by atoms with Crippen molar-refractivity contribution in [1.82, 2.24) is 10.6 Å². The first-order valence-corrected chi connectivity index (χ1v) is 8.85. The van der Waals surface area contributed by atoms with Crippen LogP contribution in [0.1, 0.15) is 27.2 Å². The van der Waals surface area contributed by atoms with Gasteiger partial charge in [-0.3, -0.25) is 0 Å². The van der Waals surface area contributed by atoms with Crippen molar-refractivity contribution in [3.8, 4) is 0 Å². The molecule has 0 bridgehead atoms. The molecule has 108 valence electrons. The molecule has 0 saturated heterocycles. The molecule has 5 nitrogen and oxygen atoms in total. The van der Waals surface area contributed by atoms with Gasteiger partial charge in [-0.05, 0) is 39.4 Å². The fourth-order valence-electron chi connectivity index (χ4n) is 1.60. The molecule has 0 aromatic heterocycles. The SMILES string of the molecule is CCO[Si](CCCNC(=S)NC)(OCC)OCC. The molecule has 7 heteroatoms. The van der Waals surface area contributed by atoms with Crippen molar-refractivity contribution in [2.75, 3.05) is 33.4 Å². The highest BCUT2D eigenvalue weighted by molar-refractivity contribution is 7.80. The maximum absolute atomic E-state index is 5.76. The van der Waals surface area contributed by atoms with E-state index in [0.717, 1.165) is 19.0 Å². The highest BCUT2D eigenvalue weighted by atomic mass is 32.1. The second-order valence-electron chi connectivity index (χ2n) is 3.59. The van der Waals surface area contributed by atoms with Gasteiger partial charge in [0.15, 0.2) is 5.11 Å². The molecule has 0 radical (unpaired) electrons. The van der Waals surface area contributed by atoms with Gasteiger partial charge in [0.05, 0.1) is 0 Å². The zero-order valence-corrected chi connectivity index (χ0v) is 13.7. The van der Waals surface area contributed by atoms with Crippen LogP contribution in [0.15, 0.2) is 0 Å². The third kappa shape index (κ3) is 7.27. The van der Waals surface area contributed by atoms with Crippen molar-refractivity contribution in [2.45, 2.75) is 33.2 Å². The molecule has 0 fully saturated rings. The Bertz CT molecular complexity index is 215. The predicted molar refractivity (Wildman–Crippen MR) is 79.7 cm³/mol. The Morgan fingerprint density at radius 3 is 1.94 bits per heavy atom. The second-order valence-corrected chi connectivity index (χ2v) is 6.73. The lowest BCUT2D eigenvalue weighted by Crippen LogP contribution is -2.46. The molecule has 0 atom stereocenters. The van der Waals surface area contributed by atoms with E-state index in [-0.39, 0.29) is 0 Å². The average molecular weight is 294 g/mol. The molecule has 18 heavy (non-hydrogen) atoms. The van der Waals surface area contributed by atoms with Gasteiger partial charge in [-0.25, -0.2) is 0 Å². The Hall–Kier alpha value is -0.213. The topological polar surface area (TPSA) is 51.8 Å². The Morgan fingerprint density at radius 1 is 1.06 bits per heavy atom. The molecule has 0 aliphatic heterocycles. The summed E-state index contributed by atoms with van der Waals surface area (Å²) in [6.07, 6.45) is 0.911. The quantitative estimate of drug-likeness (QED) is 0.362. The van der Waals surface area contributed by atoms with E-state index >= 15 is 0 Å². The van der Waals surface area contributed by atoms with E-state index in [2.05, 4.69) is 10.6 Å². The zero-order valence-electron chi connectivity index (χ0n) is 11.9. The summed E-state index contributed by atoms with van der Waals surface area (Å²) >= 11 is 5.01. The van der Waals surface area contributed by atoms with Crippen LogP contribution in [-0.4, -0.2) is 47.3 Å². The maximum Gasteiger partial charge on any atom is 0.500 e.